The van der Waals surface area contributed by atoms with E-state index in [0.29, 0.717) is 12.3 Å². The van der Waals surface area contributed by atoms with Crippen LogP contribution in [0.2, 0.25) is 0 Å². The van der Waals surface area contributed by atoms with E-state index in [2.05, 4.69) is 6.92 Å². The second-order valence-electron chi connectivity index (χ2n) is 5.21. The summed E-state index contributed by atoms with van der Waals surface area (Å²) in [5.41, 5.74) is 1.90. The quantitative estimate of drug-likeness (QED) is 0.518. The maximum Gasteiger partial charge on any atom is 0.306 e. The van der Waals surface area contributed by atoms with Gasteiger partial charge in [-0.1, -0.05) is 25.5 Å². The number of aryl methyl sites for hydroxylation is 1. The van der Waals surface area contributed by atoms with Crippen molar-refractivity contribution in [1.82, 2.24) is 0 Å². The zero-order chi connectivity index (χ0) is 17.1. The van der Waals surface area contributed by atoms with Gasteiger partial charge in [0.05, 0.1) is 19.1 Å². The average molecular weight is 316 g/mol. The fourth-order valence-corrected chi connectivity index (χ4v) is 2.19. The van der Waals surface area contributed by atoms with Crippen LogP contribution in [0.25, 0.3) is 0 Å². The lowest BCUT2D eigenvalue weighted by atomic mass is 10.1. The van der Waals surface area contributed by atoms with Crippen LogP contribution < -0.4 is 4.90 Å². The smallest absolute Gasteiger partial charge is 0.306 e. The highest BCUT2D eigenvalue weighted by Gasteiger charge is 2.17. The van der Waals surface area contributed by atoms with Gasteiger partial charge in [0.2, 0.25) is 5.91 Å². The molecule has 1 rings (SSSR count). The molecule has 0 radical (unpaired) electrons. The monoisotopic (exact) mass is 316 g/mol. The first kappa shape index (κ1) is 18.7. The zero-order valence-corrected chi connectivity index (χ0v) is 13.9. The minimum atomic E-state index is -0.396. The van der Waals surface area contributed by atoms with Crippen molar-refractivity contribution in [2.24, 2.45) is 0 Å². The van der Waals surface area contributed by atoms with Crippen molar-refractivity contribution < 1.29 is 14.3 Å². The lowest BCUT2D eigenvalue weighted by Crippen LogP contribution is -2.31. The number of amides is 1. The topological polar surface area (TPSA) is 70.4 Å². The molecular formula is C18H24N2O3. The van der Waals surface area contributed by atoms with E-state index in [1.807, 2.05) is 30.3 Å². The lowest BCUT2D eigenvalue weighted by Gasteiger charge is -2.20. The lowest BCUT2D eigenvalue weighted by molar-refractivity contribution is -0.144. The van der Waals surface area contributed by atoms with Crippen molar-refractivity contribution in [3.8, 4) is 6.07 Å². The number of ether oxygens (including phenoxy) is 1. The van der Waals surface area contributed by atoms with Crippen molar-refractivity contribution >= 4 is 17.6 Å². The number of nitrogens with zero attached hydrogens (tertiary/aromatic N) is 2. The van der Waals surface area contributed by atoms with Crippen molar-refractivity contribution in [3.05, 3.63) is 29.8 Å². The molecule has 0 aliphatic heterocycles. The number of unbranched alkanes of at least 4 members (excludes halogenated alkanes) is 1. The van der Waals surface area contributed by atoms with Gasteiger partial charge in [-0.25, -0.2) is 0 Å². The summed E-state index contributed by atoms with van der Waals surface area (Å²) >= 11 is 0. The molecule has 0 fully saturated rings. The first-order chi connectivity index (χ1) is 11.1. The second-order valence-corrected chi connectivity index (χ2v) is 5.21. The van der Waals surface area contributed by atoms with Gasteiger partial charge < -0.3 is 4.74 Å². The molecular weight excluding hydrogens is 292 g/mol. The molecule has 0 aliphatic carbocycles. The van der Waals surface area contributed by atoms with E-state index in [-0.39, 0.29) is 25.3 Å². The molecule has 1 aromatic carbocycles. The Morgan fingerprint density at radius 2 is 1.87 bits per heavy atom. The largest absolute Gasteiger partial charge is 0.466 e. The van der Waals surface area contributed by atoms with Crippen molar-refractivity contribution in [2.75, 3.05) is 18.1 Å². The van der Waals surface area contributed by atoms with E-state index < -0.39 is 5.97 Å². The molecule has 23 heavy (non-hydrogen) atoms. The Morgan fingerprint density at radius 3 is 2.43 bits per heavy atom. The van der Waals surface area contributed by atoms with Crippen LogP contribution in [0.1, 0.15) is 45.1 Å². The Hall–Kier alpha value is -2.35. The number of rotatable bonds is 9. The average Bonchev–Trinajstić information content (AvgIpc) is 2.56. The molecule has 1 amide bonds. The van der Waals surface area contributed by atoms with Gasteiger partial charge in [-0.15, -0.1) is 0 Å². The van der Waals surface area contributed by atoms with E-state index in [0.717, 1.165) is 19.3 Å². The highest BCUT2D eigenvalue weighted by atomic mass is 16.5. The Morgan fingerprint density at radius 1 is 1.17 bits per heavy atom. The third-order valence-electron chi connectivity index (χ3n) is 3.45. The minimum Gasteiger partial charge on any atom is -0.466 e. The highest BCUT2D eigenvalue weighted by Crippen LogP contribution is 2.18. The Labute approximate surface area is 137 Å². The number of carbonyl (C=O) groups excluding carboxylic acids is 2. The fourth-order valence-electron chi connectivity index (χ4n) is 2.19. The number of nitriles is 1. The maximum absolute atomic E-state index is 12.3. The zero-order valence-electron chi connectivity index (χ0n) is 13.9. The number of benzene rings is 1. The summed E-state index contributed by atoms with van der Waals surface area (Å²) in [5.74, 6) is -0.645. The molecule has 0 saturated heterocycles. The fraction of sp³-hybridized carbons (Fsp3) is 0.500. The second kappa shape index (κ2) is 10.4. The molecule has 5 heteroatoms. The van der Waals surface area contributed by atoms with Crippen LogP contribution in [0.4, 0.5) is 5.69 Å². The van der Waals surface area contributed by atoms with Gasteiger partial charge in [-0.05, 0) is 37.5 Å². The van der Waals surface area contributed by atoms with Crippen molar-refractivity contribution in [1.29, 1.82) is 5.26 Å². The van der Waals surface area contributed by atoms with Crippen LogP contribution in [0.5, 0.6) is 0 Å². The molecule has 0 heterocycles. The van der Waals surface area contributed by atoms with E-state index >= 15 is 0 Å². The summed E-state index contributed by atoms with van der Waals surface area (Å²) in [4.78, 5) is 25.0. The number of carbonyl (C=O) groups is 2. The van der Waals surface area contributed by atoms with E-state index in [1.54, 1.807) is 6.92 Å². The van der Waals surface area contributed by atoms with Crippen molar-refractivity contribution in [3.63, 3.8) is 0 Å². The molecule has 124 valence electrons. The van der Waals surface area contributed by atoms with Crippen LogP contribution >= 0.6 is 0 Å². The molecule has 0 saturated carbocycles. The standard InChI is InChI=1S/C18H24N2O3/c1-3-5-6-15-7-9-16(10-8-15)20(14-13-19)17(21)11-12-18(22)23-4-2/h7-10H,3-6,11-12,14H2,1-2H3. The third kappa shape index (κ3) is 6.52. The van der Waals surface area contributed by atoms with Gasteiger partial charge in [-0.2, -0.15) is 5.26 Å². The minimum absolute atomic E-state index is 0.0309. The number of hydrogen-bond acceptors (Lipinski definition) is 4. The van der Waals surface area contributed by atoms with Crippen LogP contribution in [0, 0.1) is 11.3 Å². The van der Waals surface area contributed by atoms with Gasteiger partial charge in [0, 0.05) is 12.1 Å². The first-order valence-corrected chi connectivity index (χ1v) is 8.04. The maximum atomic E-state index is 12.3. The van der Waals surface area contributed by atoms with Gasteiger partial charge in [0.25, 0.3) is 0 Å². The SMILES string of the molecule is CCCCc1ccc(N(CC#N)C(=O)CCC(=O)OCC)cc1. The molecule has 0 spiro atoms. The molecule has 5 nitrogen and oxygen atoms in total. The van der Waals surface area contributed by atoms with Gasteiger partial charge in [0.15, 0.2) is 0 Å². The van der Waals surface area contributed by atoms with Crippen LogP contribution in [-0.2, 0) is 20.7 Å². The number of anilines is 1. The summed E-state index contributed by atoms with van der Waals surface area (Å²) in [5, 5.41) is 8.94. The molecule has 1 aromatic rings. The molecule has 0 aromatic heterocycles. The van der Waals surface area contributed by atoms with E-state index in [1.165, 1.54) is 10.5 Å². The van der Waals surface area contributed by atoms with Gasteiger partial charge in [0.1, 0.15) is 6.54 Å². The summed E-state index contributed by atoms with van der Waals surface area (Å²) in [6.07, 6.45) is 3.33. The van der Waals surface area contributed by atoms with E-state index in [4.69, 9.17) is 10.00 Å². The Kier molecular flexibility index (Phi) is 8.45. The van der Waals surface area contributed by atoms with Crippen LogP contribution in [0.3, 0.4) is 0 Å². The van der Waals surface area contributed by atoms with Crippen LogP contribution in [0.15, 0.2) is 24.3 Å². The summed E-state index contributed by atoms with van der Waals surface area (Å²) in [7, 11) is 0. The Balaban J connectivity index is 2.71. The Bertz CT molecular complexity index is 546. The predicted octanol–water partition coefficient (Wildman–Crippen LogP) is 3.23. The molecule has 0 atom stereocenters. The first-order valence-electron chi connectivity index (χ1n) is 8.04. The predicted molar refractivity (Wildman–Crippen MR) is 88.9 cm³/mol. The summed E-state index contributed by atoms with van der Waals surface area (Å²) < 4.78 is 4.82. The highest BCUT2D eigenvalue weighted by molar-refractivity contribution is 5.95. The molecule has 0 bridgehead atoms. The number of esters is 1. The number of hydrogen-bond donors (Lipinski definition) is 0. The van der Waals surface area contributed by atoms with Crippen LogP contribution in [-0.4, -0.2) is 25.0 Å². The molecule has 0 unspecified atom stereocenters. The molecule has 0 N–H and O–H groups in total. The van der Waals surface area contributed by atoms with Crippen molar-refractivity contribution in [2.45, 2.75) is 46.0 Å². The molecule has 0 aliphatic rings. The summed E-state index contributed by atoms with van der Waals surface area (Å²) in [6.45, 7) is 4.14. The van der Waals surface area contributed by atoms with Gasteiger partial charge in [-0.3, -0.25) is 14.5 Å². The normalized spacial score (nSPS) is 9.96. The third-order valence-corrected chi connectivity index (χ3v) is 3.45. The summed E-state index contributed by atoms with van der Waals surface area (Å²) in [6, 6.07) is 9.66. The van der Waals surface area contributed by atoms with Gasteiger partial charge >= 0.3 is 5.97 Å². The van der Waals surface area contributed by atoms with E-state index in [9.17, 15) is 9.59 Å².